The summed E-state index contributed by atoms with van der Waals surface area (Å²) in [6.45, 7) is 13.4. The molecule has 1 aliphatic heterocycles. The highest BCUT2D eigenvalue weighted by molar-refractivity contribution is 5.81. The Morgan fingerprint density at radius 2 is 2.16 bits per heavy atom. The van der Waals surface area contributed by atoms with Crippen LogP contribution in [0, 0.1) is 11.8 Å². The van der Waals surface area contributed by atoms with Crippen molar-refractivity contribution in [3.8, 4) is 0 Å². The maximum Gasteiger partial charge on any atom is 0.237 e. The summed E-state index contributed by atoms with van der Waals surface area (Å²) in [5, 5.41) is 6.48. The molecule has 2 N–H and O–H groups in total. The SMILES string of the molecule is CCN(CC1CCCNC1)C(C)C(=O)NCC(C)C. The zero-order valence-corrected chi connectivity index (χ0v) is 13.0. The highest BCUT2D eigenvalue weighted by Crippen LogP contribution is 2.13. The maximum atomic E-state index is 12.1. The third-order valence-corrected chi connectivity index (χ3v) is 3.91. The van der Waals surface area contributed by atoms with Gasteiger partial charge in [-0.1, -0.05) is 20.8 Å². The van der Waals surface area contributed by atoms with Crippen LogP contribution in [0.25, 0.3) is 0 Å². The van der Waals surface area contributed by atoms with Gasteiger partial charge in [0.1, 0.15) is 0 Å². The lowest BCUT2D eigenvalue weighted by Gasteiger charge is -2.32. The third kappa shape index (κ3) is 5.91. The number of nitrogens with one attached hydrogen (secondary N) is 2. The fraction of sp³-hybridized carbons (Fsp3) is 0.933. The fourth-order valence-corrected chi connectivity index (χ4v) is 2.59. The molecule has 0 aromatic rings. The van der Waals surface area contributed by atoms with E-state index in [1.165, 1.54) is 12.8 Å². The van der Waals surface area contributed by atoms with E-state index in [4.69, 9.17) is 0 Å². The highest BCUT2D eigenvalue weighted by atomic mass is 16.2. The van der Waals surface area contributed by atoms with Crippen LogP contribution in [0.5, 0.6) is 0 Å². The normalized spacial score (nSPS) is 21.7. The van der Waals surface area contributed by atoms with Crippen molar-refractivity contribution in [3.63, 3.8) is 0 Å². The van der Waals surface area contributed by atoms with Gasteiger partial charge in [0.15, 0.2) is 0 Å². The second-order valence-electron chi connectivity index (χ2n) is 6.11. The van der Waals surface area contributed by atoms with E-state index in [-0.39, 0.29) is 11.9 Å². The molecule has 1 amide bonds. The van der Waals surface area contributed by atoms with Crippen LogP contribution in [0.3, 0.4) is 0 Å². The molecule has 1 fully saturated rings. The summed E-state index contributed by atoms with van der Waals surface area (Å²) >= 11 is 0. The Morgan fingerprint density at radius 3 is 2.68 bits per heavy atom. The van der Waals surface area contributed by atoms with Gasteiger partial charge >= 0.3 is 0 Å². The van der Waals surface area contributed by atoms with Crippen molar-refractivity contribution in [2.75, 3.05) is 32.7 Å². The van der Waals surface area contributed by atoms with Gasteiger partial charge < -0.3 is 10.6 Å². The lowest BCUT2D eigenvalue weighted by atomic mass is 9.98. The number of piperidine rings is 1. The van der Waals surface area contributed by atoms with E-state index in [1.54, 1.807) is 0 Å². The zero-order valence-electron chi connectivity index (χ0n) is 13.0. The number of amides is 1. The summed E-state index contributed by atoms with van der Waals surface area (Å²) in [6.07, 6.45) is 2.54. The van der Waals surface area contributed by atoms with E-state index in [9.17, 15) is 4.79 Å². The fourth-order valence-electron chi connectivity index (χ4n) is 2.59. The van der Waals surface area contributed by atoms with Crippen LogP contribution < -0.4 is 10.6 Å². The molecular formula is C15H31N3O. The van der Waals surface area contributed by atoms with E-state index in [0.29, 0.717) is 11.8 Å². The van der Waals surface area contributed by atoms with Gasteiger partial charge in [0, 0.05) is 13.1 Å². The van der Waals surface area contributed by atoms with Gasteiger partial charge in [-0.25, -0.2) is 0 Å². The first-order chi connectivity index (χ1) is 9.04. The number of hydrogen-bond acceptors (Lipinski definition) is 3. The number of rotatable bonds is 7. The molecule has 1 saturated heterocycles. The average molecular weight is 269 g/mol. The lowest BCUT2D eigenvalue weighted by Crippen LogP contribution is -2.49. The van der Waals surface area contributed by atoms with Crippen molar-refractivity contribution >= 4 is 5.91 Å². The maximum absolute atomic E-state index is 12.1. The van der Waals surface area contributed by atoms with Crippen molar-refractivity contribution in [1.82, 2.24) is 15.5 Å². The Labute approximate surface area is 118 Å². The standard InChI is InChI=1S/C15H31N3O/c1-5-18(11-14-7-6-8-16-10-14)13(4)15(19)17-9-12(2)3/h12-14,16H,5-11H2,1-4H3,(H,17,19). The van der Waals surface area contributed by atoms with Crippen LogP contribution in [0.4, 0.5) is 0 Å². The molecular weight excluding hydrogens is 238 g/mol. The molecule has 2 atom stereocenters. The van der Waals surface area contributed by atoms with Crippen molar-refractivity contribution in [1.29, 1.82) is 0 Å². The Bertz CT molecular complexity index is 262. The molecule has 112 valence electrons. The molecule has 0 bridgehead atoms. The summed E-state index contributed by atoms with van der Waals surface area (Å²) in [5.74, 6) is 1.36. The quantitative estimate of drug-likeness (QED) is 0.735. The zero-order chi connectivity index (χ0) is 14.3. The molecule has 0 radical (unpaired) electrons. The van der Waals surface area contributed by atoms with Crippen molar-refractivity contribution in [3.05, 3.63) is 0 Å². The Hall–Kier alpha value is -0.610. The van der Waals surface area contributed by atoms with Gasteiger partial charge in [-0.3, -0.25) is 9.69 Å². The van der Waals surface area contributed by atoms with E-state index >= 15 is 0 Å². The minimum atomic E-state index is -0.0225. The minimum Gasteiger partial charge on any atom is -0.354 e. The predicted octanol–water partition coefficient (Wildman–Crippen LogP) is 1.47. The first-order valence-corrected chi connectivity index (χ1v) is 7.77. The largest absolute Gasteiger partial charge is 0.354 e. The van der Waals surface area contributed by atoms with Crippen LogP contribution >= 0.6 is 0 Å². The monoisotopic (exact) mass is 269 g/mol. The summed E-state index contributed by atoms with van der Waals surface area (Å²) < 4.78 is 0. The first-order valence-electron chi connectivity index (χ1n) is 7.77. The highest BCUT2D eigenvalue weighted by Gasteiger charge is 2.23. The van der Waals surface area contributed by atoms with Crippen LogP contribution in [0.1, 0.15) is 40.5 Å². The summed E-state index contributed by atoms with van der Waals surface area (Å²) in [6, 6.07) is -0.0225. The van der Waals surface area contributed by atoms with Gasteiger partial charge in [0.25, 0.3) is 0 Å². The Balaban J connectivity index is 2.40. The van der Waals surface area contributed by atoms with E-state index in [2.05, 4.69) is 36.3 Å². The Morgan fingerprint density at radius 1 is 1.42 bits per heavy atom. The number of hydrogen-bond donors (Lipinski definition) is 2. The van der Waals surface area contributed by atoms with Crippen molar-refractivity contribution in [2.45, 2.75) is 46.6 Å². The molecule has 1 heterocycles. The average Bonchev–Trinajstić information content (AvgIpc) is 2.42. The molecule has 19 heavy (non-hydrogen) atoms. The second kappa shape index (κ2) is 8.54. The smallest absolute Gasteiger partial charge is 0.237 e. The molecule has 2 unspecified atom stereocenters. The van der Waals surface area contributed by atoms with Crippen LogP contribution in [-0.2, 0) is 4.79 Å². The molecule has 1 aliphatic rings. The Kier molecular flexibility index (Phi) is 7.39. The van der Waals surface area contributed by atoms with E-state index in [1.807, 2.05) is 6.92 Å². The first kappa shape index (κ1) is 16.4. The van der Waals surface area contributed by atoms with Gasteiger partial charge in [-0.15, -0.1) is 0 Å². The molecule has 1 rings (SSSR count). The molecule has 4 heteroatoms. The minimum absolute atomic E-state index is 0.0225. The predicted molar refractivity (Wildman–Crippen MR) is 80.2 cm³/mol. The topological polar surface area (TPSA) is 44.4 Å². The number of nitrogens with zero attached hydrogens (tertiary/aromatic N) is 1. The molecule has 0 spiro atoms. The summed E-state index contributed by atoms with van der Waals surface area (Å²) in [7, 11) is 0. The lowest BCUT2D eigenvalue weighted by molar-refractivity contribution is -0.126. The molecule has 0 aromatic heterocycles. The third-order valence-electron chi connectivity index (χ3n) is 3.91. The van der Waals surface area contributed by atoms with Crippen molar-refractivity contribution < 1.29 is 4.79 Å². The van der Waals surface area contributed by atoms with Gasteiger partial charge in [0.2, 0.25) is 5.91 Å². The van der Waals surface area contributed by atoms with Crippen molar-refractivity contribution in [2.24, 2.45) is 11.8 Å². The summed E-state index contributed by atoms with van der Waals surface area (Å²) in [5.41, 5.74) is 0. The van der Waals surface area contributed by atoms with E-state index < -0.39 is 0 Å². The molecule has 4 nitrogen and oxygen atoms in total. The van der Waals surface area contributed by atoms with Gasteiger partial charge in [-0.2, -0.15) is 0 Å². The number of carbonyl (C=O) groups excluding carboxylic acids is 1. The molecule has 0 aliphatic carbocycles. The van der Waals surface area contributed by atoms with Gasteiger partial charge in [0.05, 0.1) is 6.04 Å². The molecule has 0 saturated carbocycles. The summed E-state index contributed by atoms with van der Waals surface area (Å²) in [4.78, 5) is 14.4. The molecule has 0 aromatic carbocycles. The van der Waals surface area contributed by atoms with Gasteiger partial charge in [-0.05, 0) is 51.2 Å². The second-order valence-corrected chi connectivity index (χ2v) is 6.11. The van der Waals surface area contributed by atoms with E-state index in [0.717, 1.165) is 32.7 Å². The van der Waals surface area contributed by atoms with Crippen LogP contribution in [0.15, 0.2) is 0 Å². The number of carbonyl (C=O) groups is 1. The number of likely N-dealkylation sites (N-methyl/N-ethyl adjacent to an activating group) is 1. The van der Waals surface area contributed by atoms with Crippen LogP contribution in [0.2, 0.25) is 0 Å². The van der Waals surface area contributed by atoms with Crippen LogP contribution in [-0.4, -0.2) is 49.6 Å².